The van der Waals surface area contributed by atoms with Crippen LogP contribution in [-0.2, 0) is 9.59 Å². The molecule has 0 aromatic heterocycles. The number of halogens is 2. The summed E-state index contributed by atoms with van der Waals surface area (Å²) in [6, 6.07) is 4.77. The number of quaternary nitrogens is 1. The molecule has 1 saturated heterocycles. The fraction of sp³-hybridized carbons (Fsp3) is 0.579. The zero-order chi connectivity index (χ0) is 19.4. The summed E-state index contributed by atoms with van der Waals surface area (Å²) in [5.74, 6) is 0.906. The van der Waals surface area contributed by atoms with Gasteiger partial charge >= 0.3 is 0 Å². The number of likely N-dealkylation sites (N-methyl/N-ethyl adjacent to an activating group) is 1. The largest absolute Gasteiger partial charge is 0.337 e. The van der Waals surface area contributed by atoms with Gasteiger partial charge in [-0.1, -0.05) is 43.1 Å². The van der Waals surface area contributed by atoms with Crippen molar-refractivity contribution >= 4 is 40.7 Å². The molecule has 2 amide bonds. The van der Waals surface area contributed by atoms with E-state index < -0.39 is 0 Å². The van der Waals surface area contributed by atoms with Crippen molar-refractivity contribution in [1.29, 1.82) is 0 Å². The van der Waals surface area contributed by atoms with Crippen LogP contribution in [0.2, 0.25) is 10.0 Å². The van der Waals surface area contributed by atoms with Crippen LogP contribution in [0.25, 0.3) is 0 Å². The first kappa shape index (κ1) is 21.0. The van der Waals surface area contributed by atoms with Crippen LogP contribution in [-0.4, -0.2) is 49.4 Å². The van der Waals surface area contributed by atoms with Crippen LogP contribution in [0.15, 0.2) is 18.2 Å². The van der Waals surface area contributed by atoms with Crippen LogP contribution in [0.5, 0.6) is 0 Å². The van der Waals surface area contributed by atoms with Crippen LogP contribution in [0.4, 0.5) is 5.69 Å². The zero-order valence-corrected chi connectivity index (χ0v) is 17.3. The van der Waals surface area contributed by atoms with Crippen molar-refractivity contribution in [1.82, 2.24) is 4.90 Å². The van der Waals surface area contributed by atoms with Crippen molar-refractivity contribution in [2.45, 2.75) is 33.2 Å². The summed E-state index contributed by atoms with van der Waals surface area (Å²) in [7, 11) is 1.85. The van der Waals surface area contributed by atoms with E-state index in [1.807, 2.05) is 18.9 Å². The van der Waals surface area contributed by atoms with Crippen LogP contribution in [0.1, 0.15) is 27.2 Å². The van der Waals surface area contributed by atoms with Crippen molar-refractivity contribution in [2.75, 3.05) is 32.0 Å². The molecule has 2 N–H and O–H groups in total. The van der Waals surface area contributed by atoms with Crippen molar-refractivity contribution in [2.24, 2.45) is 11.8 Å². The maximum Gasteiger partial charge on any atom is 0.280 e. The number of likely N-dealkylation sites (tertiary alicyclic amines) is 1. The molecule has 2 rings (SSSR count). The van der Waals surface area contributed by atoms with Gasteiger partial charge in [-0.2, -0.15) is 0 Å². The molecular formula is C19H28Cl2N3O2+. The van der Waals surface area contributed by atoms with E-state index in [4.69, 9.17) is 23.2 Å². The van der Waals surface area contributed by atoms with Gasteiger partial charge in [0, 0.05) is 13.1 Å². The highest BCUT2D eigenvalue weighted by molar-refractivity contribution is 6.39. The third-order valence-corrected chi connectivity index (χ3v) is 5.59. The maximum atomic E-state index is 12.8. The van der Waals surface area contributed by atoms with Crippen molar-refractivity contribution in [3.8, 4) is 0 Å². The van der Waals surface area contributed by atoms with Crippen LogP contribution in [0.3, 0.4) is 0 Å². The van der Waals surface area contributed by atoms with E-state index in [0.29, 0.717) is 27.6 Å². The molecular weight excluding hydrogens is 373 g/mol. The molecule has 7 heteroatoms. The zero-order valence-electron chi connectivity index (χ0n) is 15.8. The van der Waals surface area contributed by atoms with Gasteiger partial charge < -0.3 is 15.1 Å². The number of carbonyl (C=O) groups is 2. The Labute approximate surface area is 165 Å². The third kappa shape index (κ3) is 5.35. The lowest BCUT2D eigenvalue weighted by molar-refractivity contribution is -0.886. The molecule has 26 heavy (non-hydrogen) atoms. The standard InChI is InChI=1S/C19H27Cl2N3O2/c1-12-8-13(2)10-24(9-12)19(26)14(3)23(4)11-17(25)22-18-15(20)6-5-7-16(18)21/h5-7,12-14H,8-11H2,1-4H3,(H,22,25)/p+1/t12-,13-,14-/m1/s1. The first-order valence-corrected chi connectivity index (χ1v) is 9.79. The second-order valence-electron chi connectivity index (χ2n) is 7.58. The highest BCUT2D eigenvalue weighted by Crippen LogP contribution is 2.29. The van der Waals surface area contributed by atoms with Crippen molar-refractivity contribution in [3.63, 3.8) is 0 Å². The number of piperidine rings is 1. The predicted octanol–water partition coefficient (Wildman–Crippen LogP) is 2.34. The highest BCUT2D eigenvalue weighted by Gasteiger charge is 2.32. The molecule has 1 aromatic carbocycles. The van der Waals surface area contributed by atoms with Gasteiger partial charge in [0.25, 0.3) is 11.8 Å². The Bertz CT molecular complexity index is 638. The van der Waals surface area contributed by atoms with E-state index in [2.05, 4.69) is 19.2 Å². The number of hydrogen-bond acceptors (Lipinski definition) is 2. The molecule has 1 unspecified atom stereocenters. The highest BCUT2D eigenvalue weighted by atomic mass is 35.5. The quantitative estimate of drug-likeness (QED) is 0.796. The molecule has 0 saturated carbocycles. The van der Waals surface area contributed by atoms with E-state index in [1.54, 1.807) is 18.2 Å². The number of benzene rings is 1. The Morgan fingerprint density at radius 3 is 2.31 bits per heavy atom. The van der Waals surface area contributed by atoms with Gasteiger partial charge in [-0.05, 0) is 37.3 Å². The number of nitrogens with zero attached hydrogens (tertiary/aromatic N) is 1. The summed E-state index contributed by atoms with van der Waals surface area (Å²) in [6.07, 6.45) is 1.15. The van der Waals surface area contributed by atoms with Crippen LogP contribution < -0.4 is 10.2 Å². The molecule has 5 nitrogen and oxygen atoms in total. The minimum atomic E-state index is -0.292. The molecule has 1 aliphatic heterocycles. The molecule has 4 atom stereocenters. The minimum Gasteiger partial charge on any atom is -0.337 e. The number of para-hydroxylation sites is 1. The third-order valence-electron chi connectivity index (χ3n) is 4.96. The van der Waals surface area contributed by atoms with Crippen molar-refractivity contribution in [3.05, 3.63) is 28.2 Å². The van der Waals surface area contributed by atoms with E-state index in [9.17, 15) is 9.59 Å². The number of nitrogens with one attached hydrogen (secondary N) is 2. The monoisotopic (exact) mass is 400 g/mol. The van der Waals surface area contributed by atoms with Gasteiger partial charge in [0.05, 0.1) is 22.8 Å². The summed E-state index contributed by atoms with van der Waals surface area (Å²) in [5, 5.41) is 3.53. The normalized spacial score (nSPS) is 22.6. The average molecular weight is 401 g/mol. The van der Waals surface area contributed by atoms with Gasteiger partial charge in [0.2, 0.25) is 0 Å². The Kier molecular flexibility index (Phi) is 7.33. The van der Waals surface area contributed by atoms with Crippen LogP contribution in [0, 0.1) is 11.8 Å². The van der Waals surface area contributed by atoms with Crippen molar-refractivity contribution < 1.29 is 14.5 Å². The molecule has 1 aliphatic rings. The van der Waals surface area contributed by atoms with Gasteiger partial charge in [-0.25, -0.2) is 0 Å². The first-order valence-electron chi connectivity index (χ1n) is 9.04. The Balaban J connectivity index is 1.94. The van der Waals surface area contributed by atoms with Gasteiger partial charge in [0.15, 0.2) is 12.6 Å². The number of rotatable bonds is 5. The lowest BCUT2D eigenvalue weighted by Gasteiger charge is -2.36. The second kappa shape index (κ2) is 9.07. The average Bonchev–Trinajstić information content (AvgIpc) is 2.56. The molecule has 0 spiro atoms. The summed E-state index contributed by atoms with van der Waals surface area (Å²) >= 11 is 12.2. The lowest BCUT2D eigenvalue weighted by Crippen LogP contribution is -3.15. The first-order chi connectivity index (χ1) is 12.2. The molecule has 0 radical (unpaired) electrons. The van der Waals surface area contributed by atoms with Gasteiger partial charge in [-0.3, -0.25) is 9.59 Å². The van der Waals surface area contributed by atoms with E-state index in [-0.39, 0.29) is 24.4 Å². The fourth-order valence-electron chi connectivity index (χ4n) is 3.53. The van der Waals surface area contributed by atoms with Gasteiger partial charge in [0.1, 0.15) is 0 Å². The molecule has 1 fully saturated rings. The summed E-state index contributed by atoms with van der Waals surface area (Å²) in [6.45, 7) is 7.98. The topological polar surface area (TPSA) is 53.9 Å². The molecule has 1 heterocycles. The predicted molar refractivity (Wildman–Crippen MR) is 106 cm³/mol. The van der Waals surface area contributed by atoms with Gasteiger partial charge in [-0.15, -0.1) is 0 Å². The molecule has 0 bridgehead atoms. The minimum absolute atomic E-state index is 0.101. The number of anilines is 1. The van der Waals surface area contributed by atoms with E-state index in [1.165, 1.54) is 0 Å². The van der Waals surface area contributed by atoms with Crippen LogP contribution >= 0.6 is 23.2 Å². The Hall–Kier alpha value is -1.30. The molecule has 144 valence electrons. The van der Waals surface area contributed by atoms with E-state index in [0.717, 1.165) is 24.4 Å². The second-order valence-corrected chi connectivity index (χ2v) is 8.39. The lowest BCUT2D eigenvalue weighted by atomic mass is 9.91. The summed E-state index contributed by atoms with van der Waals surface area (Å²) < 4.78 is 0. The smallest absolute Gasteiger partial charge is 0.280 e. The SMILES string of the molecule is C[C@@H]1C[C@@H](C)CN(C(=O)[C@@H](C)[NH+](C)CC(=O)Nc2c(Cl)cccc2Cl)C1. The fourth-order valence-corrected chi connectivity index (χ4v) is 4.03. The maximum absolute atomic E-state index is 12.8. The Morgan fingerprint density at radius 2 is 1.77 bits per heavy atom. The van der Waals surface area contributed by atoms with E-state index >= 15 is 0 Å². The molecule has 1 aromatic rings. The summed E-state index contributed by atoms with van der Waals surface area (Å²) in [5.41, 5.74) is 0.409. The summed E-state index contributed by atoms with van der Waals surface area (Å²) in [4.78, 5) is 27.9. The number of hydrogen-bond donors (Lipinski definition) is 2. The Morgan fingerprint density at radius 1 is 1.23 bits per heavy atom. The number of carbonyl (C=O) groups excluding carboxylic acids is 2. The molecule has 0 aliphatic carbocycles. The number of amides is 2.